The first-order valence-corrected chi connectivity index (χ1v) is 8.01. The Labute approximate surface area is 129 Å². The van der Waals surface area contributed by atoms with E-state index in [-0.39, 0.29) is 0 Å². The van der Waals surface area contributed by atoms with E-state index in [9.17, 15) is 0 Å². The van der Waals surface area contributed by atoms with Crippen LogP contribution in [0.25, 0.3) is 0 Å². The number of nitrogens with zero attached hydrogens (tertiary/aromatic N) is 1. The highest BCUT2D eigenvalue weighted by atomic mass is 15.0. The lowest BCUT2D eigenvalue weighted by Gasteiger charge is -2.11. The Kier molecular flexibility index (Phi) is 6.49. The monoisotopic (exact) mass is 281 g/mol. The molecular formula is C20H27N. The van der Waals surface area contributed by atoms with Crippen molar-refractivity contribution in [1.29, 1.82) is 0 Å². The molecule has 0 unspecified atom stereocenters. The van der Waals surface area contributed by atoms with Crippen LogP contribution in [-0.2, 0) is 12.8 Å². The number of hydrogen-bond acceptors (Lipinski definition) is 1. The lowest BCUT2D eigenvalue weighted by atomic mass is 9.96. The van der Waals surface area contributed by atoms with Gasteiger partial charge in [0.05, 0.1) is 0 Å². The van der Waals surface area contributed by atoms with Crippen LogP contribution in [0.3, 0.4) is 0 Å². The highest BCUT2D eigenvalue weighted by Gasteiger charge is 2.03. The van der Waals surface area contributed by atoms with Crippen LogP contribution in [0.2, 0.25) is 0 Å². The molecule has 0 aliphatic heterocycles. The first-order chi connectivity index (χ1) is 10.3. The molecule has 0 aliphatic rings. The minimum atomic E-state index is 1.05. The molecule has 2 rings (SSSR count). The Bertz CT molecular complexity index is 516. The first-order valence-electron chi connectivity index (χ1n) is 8.01. The fourth-order valence-electron chi connectivity index (χ4n) is 2.71. The molecule has 0 aromatic heterocycles. The fraction of sp³-hybridized carbons (Fsp3) is 0.400. The van der Waals surface area contributed by atoms with Crippen molar-refractivity contribution in [2.45, 2.75) is 32.1 Å². The van der Waals surface area contributed by atoms with Crippen LogP contribution in [0.1, 0.15) is 36.0 Å². The van der Waals surface area contributed by atoms with Gasteiger partial charge < -0.3 is 4.90 Å². The summed E-state index contributed by atoms with van der Waals surface area (Å²) >= 11 is 0. The molecule has 0 bridgehead atoms. The molecule has 0 radical (unpaired) electrons. The molecule has 0 amide bonds. The predicted octanol–water partition coefficient (Wildman–Crippen LogP) is 4.55. The maximum atomic E-state index is 2.30. The van der Waals surface area contributed by atoms with E-state index in [1.165, 1.54) is 48.9 Å². The lowest BCUT2D eigenvalue weighted by Crippen LogP contribution is -2.12. The quantitative estimate of drug-likeness (QED) is 0.642. The molecule has 0 saturated heterocycles. The molecule has 0 N–H and O–H groups in total. The SMILES string of the molecule is CN(C)CCCCCc1ccccc1Cc1ccccc1. The zero-order valence-electron chi connectivity index (χ0n) is 13.4. The van der Waals surface area contributed by atoms with Gasteiger partial charge in [-0.1, -0.05) is 61.0 Å². The van der Waals surface area contributed by atoms with Gasteiger partial charge in [0, 0.05) is 0 Å². The van der Waals surface area contributed by atoms with Gasteiger partial charge in [-0.05, 0) is 63.0 Å². The summed E-state index contributed by atoms with van der Waals surface area (Å²) in [5.74, 6) is 0. The smallest absolute Gasteiger partial charge is 0.00230 e. The van der Waals surface area contributed by atoms with Crippen molar-refractivity contribution in [1.82, 2.24) is 4.90 Å². The standard InChI is InChI=1S/C20H27N/c1-21(2)16-10-4-7-13-19-14-8-9-15-20(19)17-18-11-5-3-6-12-18/h3,5-6,8-9,11-12,14-15H,4,7,10,13,16-17H2,1-2H3. The highest BCUT2D eigenvalue weighted by molar-refractivity contribution is 5.32. The van der Waals surface area contributed by atoms with Crippen LogP contribution in [0.4, 0.5) is 0 Å². The largest absolute Gasteiger partial charge is 0.309 e. The summed E-state index contributed by atoms with van der Waals surface area (Å²) in [6.45, 7) is 1.20. The van der Waals surface area contributed by atoms with E-state index in [1.54, 1.807) is 0 Å². The summed E-state index contributed by atoms with van der Waals surface area (Å²) in [5.41, 5.74) is 4.40. The molecular weight excluding hydrogens is 254 g/mol. The van der Waals surface area contributed by atoms with Crippen molar-refractivity contribution in [2.75, 3.05) is 20.6 Å². The summed E-state index contributed by atoms with van der Waals surface area (Å²) in [6, 6.07) is 19.7. The lowest BCUT2D eigenvalue weighted by molar-refractivity contribution is 0.391. The summed E-state index contributed by atoms with van der Waals surface area (Å²) in [4.78, 5) is 2.27. The van der Waals surface area contributed by atoms with Crippen molar-refractivity contribution in [3.63, 3.8) is 0 Å². The Morgan fingerprint density at radius 2 is 1.38 bits per heavy atom. The number of rotatable bonds is 8. The van der Waals surface area contributed by atoms with Crippen LogP contribution >= 0.6 is 0 Å². The third-order valence-corrected chi connectivity index (χ3v) is 3.91. The van der Waals surface area contributed by atoms with Crippen LogP contribution in [0.5, 0.6) is 0 Å². The number of aryl methyl sites for hydroxylation is 1. The van der Waals surface area contributed by atoms with Crippen LogP contribution in [0, 0.1) is 0 Å². The molecule has 21 heavy (non-hydrogen) atoms. The molecule has 2 aromatic rings. The van der Waals surface area contributed by atoms with E-state index < -0.39 is 0 Å². The van der Waals surface area contributed by atoms with Gasteiger partial charge in [-0.15, -0.1) is 0 Å². The number of benzene rings is 2. The van der Waals surface area contributed by atoms with Gasteiger partial charge in [-0.3, -0.25) is 0 Å². The Balaban J connectivity index is 1.88. The van der Waals surface area contributed by atoms with E-state index in [0.717, 1.165) is 6.42 Å². The van der Waals surface area contributed by atoms with Gasteiger partial charge in [0.1, 0.15) is 0 Å². The van der Waals surface area contributed by atoms with E-state index in [1.807, 2.05) is 0 Å². The van der Waals surface area contributed by atoms with Gasteiger partial charge >= 0.3 is 0 Å². The normalized spacial score (nSPS) is 11.0. The molecule has 1 heteroatoms. The summed E-state index contributed by atoms with van der Waals surface area (Å²) in [5, 5.41) is 0. The predicted molar refractivity (Wildman–Crippen MR) is 91.8 cm³/mol. The second-order valence-electron chi connectivity index (χ2n) is 6.05. The van der Waals surface area contributed by atoms with E-state index in [4.69, 9.17) is 0 Å². The van der Waals surface area contributed by atoms with Crippen molar-refractivity contribution in [2.24, 2.45) is 0 Å². The van der Waals surface area contributed by atoms with Gasteiger partial charge in [0.2, 0.25) is 0 Å². The van der Waals surface area contributed by atoms with Gasteiger partial charge in [-0.25, -0.2) is 0 Å². The van der Waals surface area contributed by atoms with Crippen LogP contribution in [0.15, 0.2) is 54.6 Å². The van der Waals surface area contributed by atoms with E-state index in [2.05, 4.69) is 73.6 Å². The van der Waals surface area contributed by atoms with Gasteiger partial charge in [0.25, 0.3) is 0 Å². The Morgan fingerprint density at radius 3 is 2.10 bits per heavy atom. The fourth-order valence-corrected chi connectivity index (χ4v) is 2.71. The molecule has 1 nitrogen and oxygen atoms in total. The van der Waals surface area contributed by atoms with Crippen LogP contribution < -0.4 is 0 Å². The Hall–Kier alpha value is -1.60. The molecule has 0 spiro atoms. The van der Waals surface area contributed by atoms with Crippen LogP contribution in [-0.4, -0.2) is 25.5 Å². The number of unbranched alkanes of at least 4 members (excludes halogenated alkanes) is 2. The second-order valence-corrected chi connectivity index (χ2v) is 6.05. The third kappa shape index (κ3) is 5.73. The maximum Gasteiger partial charge on any atom is -0.00230 e. The summed E-state index contributed by atoms with van der Waals surface area (Å²) < 4.78 is 0. The Morgan fingerprint density at radius 1 is 0.714 bits per heavy atom. The third-order valence-electron chi connectivity index (χ3n) is 3.91. The zero-order chi connectivity index (χ0) is 14.9. The minimum Gasteiger partial charge on any atom is -0.309 e. The molecule has 2 aromatic carbocycles. The highest BCUT2D eigenvalue weighted by Crippen LogP contribution is 2.17. The summed E-state index contributed by atoms with van der Waals surface area (Å²) in [6.07, 6.45) is 6.16. The van der Waals surface area contributed by atoms with Crippen molar-refractivity contribution >= 4 is 0 Å². The van der Waals surface area contributed by atoms with E-state index >= 15 is 0 Å². The van der Waals surface area contributed by atoms with Crippen molar-refractivity contribution in [3.05, 3.63) is 71.3 Å². The molecule has 0 aliphatic carbocycles. The van der Waals surface area contributed by atoms with Gasteiger partial charge in [0.15, 0.2) is 0 Å². The van der Waals surface area contributed by atoms with E-state index in [0.29, 0.717) is 0 Å². The molecule has 0 saturated carbocycles. The van der Waals surface area contributed by atoms with Gasteiger partial charge in [-0.2, -0.15) is 0 Å². The molecule has 0 heterocycles. The molecule has 112 valence electrons. The van der Waals surface area contributed by atoms with Crippen molar-refractivity contribution in [3.8, 4) is 0 Å². The second kappa shape index (κ2) is 8.63. The molecule has 0 atom stereocenters. The maximum absolute atomic E-state index is 2.30. The number of hydrogen-bond donors (Lipinski definition) is 0. The molecule has 0 fully saturated rings. The average Bonchev–Trinajstić information content (AvgIpc) is 2.49. The minimum absolute atomic E-state index is 1.05. The topological polar surface area (TPSA) is 3.24 Å². The van der Waals surface area contributed by atoms with Crippen molar-refractivity contribution < 1.29 is 0 Å². The zero-order valence-corrected chi connectivity index (χ0v) is 13.4. The average molecular weight is 281 g/mol. The first kappa shape index (κ1) is 15.8. The summed E-state index contributed by atoms with van der Waals surface area (Å²) in [7, 11) is 4.30.